The Morgan fingerprint density at radius 2 is 1.25 bits per heavy atom. The zero-order chi connectivity index (χ0) is 3.58. The summed E-state index contributed by atoms with van der Waals surface area (Å²) >= 11 is 3.98. The second-order valence-corrected chi connectivity index (χ2v) is 1.07. The van der Waals surface area contributed by atoms with Crippen LogP contribution >= 0.6 is 0 Å². The van der Waals surface area contributed by atoms with Crippen molar-refractivity contribution < 1.29 is 4.79 Å². The monoisotopic (exact) mass is 331 g/mol. The molecule has 3 heteroatoms. The quantitative estimate of drug-likeness (QED) is 0.496. The molecule has 0 aromatic rings. The molecular formula is C5H15OPbS-. The minimum Gasteiger partial charge on any atom is -0.742 e. The minimum absolute atomic E-state index is 0. The summed E-state index contributed by atoms with van der Waals surface area (Å²) in [5.41, 5.74) is 0. The smallest absolute Gasteiger partial charge is 0.00878 e. The maximum atomic E-state index is 9.26. The Balaban J connectivity index is -0.00000000750. The van der Waals surface area contributed by atoms with E-state index in [9.17, 15) is 4.79 Å². The molecule has 0 bridgehead atoms. The molecule has 0 aliphatic heterocycles. The molecule has 0 fully saturated rings. The second kappa shape index (κ2) is 24.9. The van der Waals surface area contributed by atoms with E-state index in [0.29, 0.717) is 0 Å². The first-order chi connectivity index (χ1) is 1.73. The number of hydrogen-bond donors (Lipinski definition) is 0. The summed E-state index contributed by atoms with van der Waals surface area (Å²) in [5.74, 6) is 0. The summed E-state index contributed by atoms with van der Waals surface area (Å²) in [6.45, 7) is 1.34. The van der Waals surface area contributed by atoms with Gasteiger partial charge in [-0.2, -0.15) is 0 Å². The third-order valence-corrected chi connectivity index (χ3v) is 0. The van der Waals surface area contributed by atoms with Crippen LogP contribution in [0.5, 0.6) is 0 Å². The van der Waals surface area contributed by atoms with Crippen LogP contribution in [0.2, 0.25) is 0 Å². The largest absolute Gasteiger partial charge is 0.742 e. The van der Waals surface area contributed by atoms with E-state index in [2.05, 4.69) is 12.6 Å². The average molecular weight is 330 g/mol. The molecule has 0 atom stereocenters. The van der Waals surface area contributed by atoms with Gasteiger partial charge in [-0.15, -0.1) is 0 Å². The van der Waals surface area contributed by atoms with Gasteiger partial charge in [-0.1, -0.05) is 22.3 Å². The Morgan fingerprint density at radius 3 is 1.25 bits per heavy atom. The summed E-state index contributed by atoms with van der Waals surface area (Å²) in [4.78, 5) is 9.26. The molecule has 0 aliphatic rings. The van der Waals surface area contributed by atoms with Crippen LogP contribution in [-0.4, -0.2) is 32.4 Å². The van der Waals surface area contributed by atoms with E-state index in [0.717, 1.165) is 0 Å². The van der Waals surface area contributed by atoms with Crippen molar-refractivity contribution in [3.8, 4) is 0 Å². The van der Waals surface area contributed by atoms with Gasteiger partial charge < -0.3 is 17.4 Å². The van der Waals surface area contributed by atoms with Gasteiger partial charge in [0.2, 0.25) is 0 Å². The van der Waals surface area contributed by atoms with Gasteiger partial charge in [0.25, 0.3) is 0 Å². The molecular weight excluding hydrogens is 315 g/mol. The zero-order valence-corrected chi connectivity index (χ0v) is 7.52. The molecule has 0 N–H and O–H groups in total. The molecule has 0 amide bonds. The van der Waals surface area contributed by atoms with Gasteiger partial charge in [-0.3, -0.25) is 0 Å². The summed E-state index contributed by atoms with van der Waals surface area (Å²) < 4.78 is 0. The Bertz CT molecular complexity index is 35.4. The Morgan fingerprint density at radius 1 is 1.25 bits per heavy atom. The van der Waals surface area contributed by atoms with Crippen LogP contribution in [0.4, 0.5) is 0 Å². The molecule has 0 aromatic heterocycles. The van der Waals surface area contributed by atoms with E-state index >= 15 is 0 Å². The fraction of sp³-hybridized carbons (Fsp3) is 0.800. The fourth-order valence-electron chi connectivity index (χ4n) is 0. The fourth-order valence-corrected chi connectivity index (χ4v) is 0. The van der Waals surface area contributed by atoms with Crippen molar-refractivity contribution in [3.05, 3.63) is 0 Å². The van der Waals surface area contributed by atoms with Crippen molar-refractivity contribution in [3.63, 3.8) is 0 Å². The van der Waals surface area contributed by atoms with E-state index in [-0.39, 0.29) is 54.7 Å². The molecule has 0 heterocycles. The van der Waals surface area contributed by atoms with Crippen LogP contribution in [0.3, 0.4) is 0 Å². The number of carbonyl (C=O) groups excluding carboxylic acids is 1. The van der Waals surface area contributed by atoms with Crippen LogP contribution in [0, 0.1) is 0 Å². The van der Waals surface area contributed by atoms with Crippen LogP contribution in [-0.2, 0) is 17.4 Å². The molecule has 8 heavy (non-hydrogen) atoms. The molecule has 0 unspecified atom stereocenters. The van der Waals surface area contributed by atoms with Gasteiger partial charge in [-0.25, -0.2) is 0 Å². The van der Waals surface area contributed by atoms with E-state index in [1.807, 2.05) is 0 Å². The van der Waals surface area contributed by atoms with Crippen LogP contribution in [0.1, 0.15) is 29.2 Å². The molecule has 0 aromatic carbocycles. The Hall–Kier alpha value is 0.812. The minimum atomic E-state index is -0.250. The van der Waals surface area contributed by atoms with Crippen molar-refractivity contribution in [2.75, 3.05) is 0 Å². The molecule has 52 valence electrons. The van der Waals surface area contributed by atoms with Gasteiger partial charge in [0.15, 0.2) is 0 Å². The van der Waals surface area contributed by atoms with E-state index in [1.165, 1.54) is 6.92 Å². The van der Waals surface area contributed by atoms with E-state index in [1.54, 1.807) is 0 Å². The van der Waals surface area contributed by atoms with Gasteiger partial charge in [-0.05, 0) is 6.92 Å². The molecule has 0 saturated carbocycles. The summed E-state index contributed by atoms with van der Waals surface area (Å²) in [6, 6.07) is 0. The topological polar surface area (TPSA) is 17.1 Å². The first-order valence-electron chi connectivity index (χ1n) is 0.908. The van der Waals surface area contributed by atoms with Crippen molar-refractivity contribution in [2.45, 2.75) is 29.2 Å². The van der Waals surface area contributed by atoms with Crippen molar-refractivity contribution in [1.29, 1.82) is 0 Å². The SMILES string of the molecule is C.C.C.CC(=O)[S-].[Pb]. The molecule has 1 nitrogen and oxygen atoms in total. The molecule has 0 saturated heterocycles. The van der Waals surface area contributed by atoms with Crippen molar-refractivity contribution in [1.82, 2.24) is 0 Å². The van der Waals surface area contributed by atoms with Crippen LogP contribution in [0.15, 0.2) is 0 Å². The standard InChI is InChI=1S/C2H4OS.3CH4.Pb/c1-2(3)4;;;;/h1H3,(H,3,4);3*1H4;/p-1. The first-order valence-corrected chi connectivity index (χ1v) is 1.32. The number of carbonyl (C=O) groups is 1. The van der Waals surface area contributed by atoms with Gasteiger partial charge in [0, 0.05) is 32.4 Å². The van der Waals surface area contributed by atoms with Gasteiger partial charge in [0.05, 0.1) is 0 Å². The molecule has 4 radical (unpaired) electrons. The molecule has 0 rings (SSSR count). The predicted octanol–water partition coefficient (Wildman–Crippen LogP) is 1.61. The zero-order valence-electron chi connectivity index (χ0n) is 2.82. The maximum absolute atomic E-state index is 9.26. The molecule has 0 aliphatic carbocycles. The first kappa shape index (κ1) is 37.0. The number of rotatable bonds is 0. The third-order valence-electron chi connectivity index (χ3n) is 0. The van der Waals surface area contributed by atoms with Gasteiger partial charge >= 0.3 is 0 Å². The third kappa shape index (κ3) is 349. The summed E-state index contributed by atoms with van der Waals surface area (Å²) in [5, 5.41) is -0.250. The van der Waals surface area contributed by atoms with Crippen molar-refractivity contribution >= 4 is 45.0 Å². The molecule has 0 spiro atoms. The van der Waals surface area contributed by atoms with Crippen LogP contribution in [0.25, 0.3) is 0 Å². The summed E-state index contributed by atoms with van der Waals surface area (Å²) in [6.07, 6.45) is 0. The predicted molar refractivity (Wildman–Crippen MR) is 44.0 cm³/mol. The maximum Gasteiger partial charge on any atom is 0.00878 e. The van der Waals surface area contributed by atoms with Crippen LogP contribution < -0.4 is 0 Å². The Kier molecular flexibility index (Phi) is 115. The van der Waals surface area contributed by atoms with E-state index < -0.39 is 0 Å². The second-order valence-electron chi connectivity index (χ2n) is 0.492. The Labute approximate surface area is 78.8 Å². The van der Waals surface area contributed by atoms with E-state index in [4.69, 9.17) is 0 Å². The van der Waals surface area contributed by atoms with Crippen molar-refractivity contribution in [2.24, 2.45) is 0 Å². The summed E-state index contributed by atoms with van der Waals surface area (Å²) in [7, 11) is 0. The van der Waals surface area contributed by atoms with Gasteiger partial charge in [0.1, 0.15) is 0 Å². The normalized spacial score (nSPS) is 3.12. The number of hydrogen-bond acceptors (Lipinski definition) is 2. The average Bonchev–Trinajstić information content (AvgIpc) is 0.811.